The van der Waals surface area contributed by atoms with Crippen molar-refractivity contribution >= 4 is 57.4 Å². The Balaban J connectivity index is 1.59. The van der Waals surface area contributed by atoms with E-state index < -0.39 is 5.92 Å². The minimum atomic E-state index is -0.416. The maximum Gasteiger partial charge on any atom is 0.174 e. The number of rotatable bonds is 9. The van der Waals surface area contributed by atoms with Crippen LogP contribution in [0, 0.1) is 3.57 Å². The van der Waals surface area contributed by atoms with Gasteiger partial charge in [-0.25, -0.2) is 0 Å². The molecular formula is C31H32Cl2INO5. The van der Waals surface area contributed by atoms with Gasteiger partial charge in [-0.1, -0.05) is 29.3 Å². The summed E-state index contributed by atoms with van der Waals surface area (Å²) in [6, 6.07) is 9.39. The van der Waals surface area contributed by atoms with E-state index in [0.29, 0.717) is 54.1 Å². The van der Waals surface area contributed by atoms with Gasteiger partial charge in [-0.3, -0.25) is 9.59 Å². The van der Waals surface area contributed by atoms with Crippen molar-refractivity contribution in [2.45, 2.75) is 58.0 Å². The highest BCUT2D eigenvalue weighted by Gasteiger charge is 2.43. The molecule has 2 aromatic rings. The van der Waals surface area contributed by atoms with Crippen LogP contribution in [-0.2, 0) is 20.9 Å². The molecule has 0 unspecified atom stereocenters. The molecule has 212 valence electrons. The number of allylic oxidation sites excluding steroid dienone is 4. The monoisotopic (exact) mass is 695 g/mol. The van der Waals surface area contributed by atoms with Crippen LogP contribution in [0.1, 0.15) is 62.5 Å². The Kier molecular flexibility index (Phi) is 9.45. The van der Waals surface area contributed by atoms with Gasteiger partial charge in [0.2, 0.25) is 0 Å². The lowest BCUT2D eigenvalue weighted by molar-refractivity contribution is -0.117. The van der Waals surface area contributed by atoms with Crippen molar-refractivity contribution in [3.63, 3.8) is 0 Å². The van der Waals surface area contributed by atoms with Crippen LogP contribution < -0.4 is 9.47 Å². The molecule has 0 amide bonds. The van der Waals surface area contributed by atoms with E-state index in [1.54, 1.807) is 19.2 Å². The second-order valence-electron chi connectivity index (χ2n) is 10.2. The molecule has 0 aromatic heterocycles. The van der Waals surface area contributed by atoms with Gasteiger partial charge < -0.3 is 19.1 Å². The Morgan fingerprint density at radius 1 is 0.925 bits per heavy atom. The first-order chi connectivity index (χ1) is 19.3. The number of nitrogens with zero attached hydrogens (tertiary/aromatic N) is 1. The number of Topliss-reactive ketones (excluding diaryl/α,β-unsaturated/α-hetero) is 2. The summed E-state index contributed by atoms with van der Waals surface area (Å²) in [5.74, 6) is 1.02. The van der Waals surface area contributed by atoms with Crippen LogP contribution in [0.25, 0.3) is 0 Å². The first-order valence-electron chi connectivity index (χ1n) is 13.7. The molecule has 0 saturated heterocycles. The fourth-order valence-electron chi connectivity index (χ4n) is 5.94. The molecule has 0 N–H and O–H groups in total. The SMILES string of the molecule is CCOc1cc(C2C3=C(CCCC3=O)N(CCOC)C3=C2C(=O)CCC3)cc(I)c1OCc1ccc(Cl)c(Cl)c1. The molecule has 0 saturated carbocycles. The molecule has 2 aromatic carbocycles. The van der Waals surface area contributed by atoms with E-state index in [9.17, 15) is 9.59 Å². The molecule has 3 aliphatic rings. The molecule has 0 fully saturated rings. The fraction of sp³-hybridized carbons (Fsp3) is 0.419. The number of benzene rings is 2. The minimum Gasteiger partial charge on any atom is -0.490 e. The van der Waals surface area contributed by atoms with Gasteiger partial charge in [0.25, 0.3) is 0 Å². The van der Waals surface area contributed by atoms with E-state index in [0.717, 1.165) is 62.9 Å². The van der Waals surface area contributed by atoms with Crippen molar-refractivity contribution < 1.29 is 23.8 Å². The van der Waals surface area contributed by atoms with Crippen LogP contribution in [-0.4, -0.2) is 43.3 Å². The van der Waals surface area contributed by atoms with Crippen molar-refractivity contribution in [2.24, 2.45) is 0 Å². The first-order valence-corrected chi connectivity index (χ1v) is 15.5. The third kappa shape index (κ3) is 5.80. The van der Waals surface area contributed by atoms with Crippen molar-refractivity contribution in [1.82, 2.24) is 4.90 Å². The van der Waals surface area contributed by atoms with Crippen molar-refractivity contribution in [1.29, 1.82) is 0 Å². The lowest BCUT2D eigenvalue weighted by atomic mass is 9.71. The number of methoxy groups -OCH3 is 1. The number of hydrogen-bond donors (Lipinski definition) is 0. The second-order valence-corrected chi connectivity index (χ2v) is 12.1. The average Bonchev–Trinajstić information content (AvgIpc) is 2.93. The predicted octanol–water partition coefficient (Wildman–Crippen LogP) is 7.64. The molecule has 9 heteroatoms. The molecular weight excluding hydrogens is 664 g/mol. The van der Waals surface area contributed by atoms with Crippen LogP contribution in [0.3, 0.4) is 0 Å². The highest BCUT2D eigenvalue weighted by Crippen LogP contribution is 2.50. The van der Waals surface area contributed by atoms with E-state index >= 15 is 0 Å². The van der Waals surface area contributed by atoms with Crippen LogP contribution in [0.15, 0.2) is 52.9 Å². The lowest BCUT2D eigenvalue weighted by Crippen LogP contribution is -2.40. The summed E-state index contributed by atoms with van der Waals surface area (Å²) in [6.07, 6.45) is 4.23. The predicted molar refractivity (Wildman–Crippen MR) is 164 cm³/mol. The maximum absolute atomic E-state index is 13.6. The second kappa shape index (κ2) is 12.8. The van der Waals surface area contributed by atoms with Gasteiger partial charge in [-0.05, 0) is 90.6 Å². The van der Waals surface area contributed by atoms with E-state index in [1.165, 1.54) is 0 Å². The summed E-state index contributed by atoms with van der Waals surface area (Å²) >= 11 is 14.5. The van der Waals surface area contributed by atoms with E-state index in [1.807, 2.05) is 25.1 Å². The van der Waals surface area contributed by atoms with Crippen molar-refractivity contribution in [3.05, 3.63) is 77.6 Å². The number of carbonyl (C=O) groups is 2. The number of carbonyl (C=O) groups excluding carboxylic acids is 2. The van der Waals surface area contributed by atoms with Crippen LogP contribution in [0.2, 0.25) is 10.0 Å². The molecule has 1 aliphatic heterocycles. The number of halogens is 3. The largest absolute Gasteiger partial charge is 0.490 e. The summed E-state index contributed by atoms with van der Waals surface area (Å²) in [5.41, 5.74) is 5.34. The lowest BCUT2D eigenvalue weighted by Gasteiger charge is -2.44. The molecule has 0 atom stereocenters. The smallest absolute Gasteiger partial charge is 0.174 e. The summed E-state index contributed by atoms with van der Waals surface area (Å²) in [5, 5.41) is 0.960. The van der Waals surface area contributed by atoms with Crippen molar-refractivity contribution in [2.75, 3.05) is 26.9 Å². The molecule has 1 heterocycles. The van der Waals surface area contributed by atoms with E-state index in [4.69, 9.17) is 37.4 Å². The molecule has 5 rings (SSSR count). The average molecular weight is 696 g/mol. The number of ether oxygens (including phenoxy) is 3. The quantitative estimate of drug-likeness (QED) is 0.252. The van der Waals surface area contributed by atoms with Gasteiger partial charge in [0.05, 0.1) is 26.8 Å². The maximum atomic E-state index is 13.6. The molecule has 0 radical (unpaired) electrons. The Bertz CT molecular complexity index is 1360. The minimum absolute atomic E-state index is 0.117. The zero-order valence-electron chi connectivity index (χ0n) is 22.7. The summed E-state index contributed by atoms with van der Waals surface area (Å²) < 4.78 is 18.6. The molecule has 6 nitrogen and oxygen atoms in total. The Labute approximate surface area is 258 Å². The molecule has 0 bridgehead atoms. The highest BCUT2D eigenvalue weighted by molar-refractivity contribution is 14.1. The standard InChI is InChI=1S/C31H32Cl2INO5/c1-3-39-27-16-19(15-22(34)31(27)40-17-18-10-11-20(32)21(33)14-18)28-29-23(6-4-8-25(29)36)35(12-13-38-2)24-7-5-9-26(37)30(24)28/h10-11,14-16,28H,3-9,12-13,17H2,1-2H3. The van der Waals surface area contributed by atoms with Crippen LogP contribution in [0.4, 0.5) is 0 Å². The Morgan fingerprint density at radius 3 is 2.20 bits per heavy atom. The van der Waals surface area contributed by atoms with Gasteiger partial charge in [-0.2, -0.15) is 0 Å². The van der Waals surface area contributed by atoms with Gasteiger partial charge in [0, 0.05) is 55.0 Å². The molecule has 0 spiro atoms. The summed E-state index contributed by atoms with van der Waals surface area (Å²) in [7, 11) is 1.68. The van der Waals surface area contributed by atoms with Crippen LogP contribution >= 0.6 is 45.8 Å². The Hall–Kier alpha value is -2.07. The van der Waals surface area contributed by atoms with E-state index in [-0.39, 0.29) is 18.2 Å². The topological polar surface area (TPSA) is 65.1 Å². The first kappa shape index (κ1) is 29.4. The summed E-state index contributed by atoms with van der Waals surface area (Å²) in [4.78, 5) is 29.3. The normalized spacial score (nSPS) is 17.8. The summed E-state index contributed by atoms with van der Waals surface area (Å²) in [6.45, 7) is 3.80. The van der Waals surface area contributed by atoms with Gasteiger partial charge in [-0.15, -0.1) is 0 Å². The third-order valence-corrected chi connectivity index (χ3v) is 9.18. The zero-order valence-corrected chi connectivity index (χ0v) is 26.3. The third-order valence-electron chi connectivity index (χ3n) is 7.64. The number of ketones is 2. The highest BCUT2D eigenvalue weighted by atomic mass is 127. The van der Waals surface area contributed by atoms with Gasteiger partial charge in [0.15, 0.2) is 23.1 Å². The van der Waals surface area contributed by atoms with Crippen LogP contribution in [0.5, 0.6) is 11.5 Å². The fourth-order valence-corrected chi connectivity index (χ4v) is 7.05. The van der Waals surface area contributed by atoms with Gasteiger partial charge >= 0.3 is 0 Å². The molecule has 2 aliphatic carbocycles. The van der Waals surface area contributed by atoms with Crippen molar-refractivity contribution in [3.8, 4) is 11.5 Å². The number of hydrogen-bond acceptors (Lipinski definition) is 6. The van der Waals surface area contributed by atoms with E-state index in [2.05, 4.69) is 27.5 Å². The van der Waals surface area contributed by atoms with Gasteiger partial charge in [0.1, 0.15) is 6.61 Å². The molecule has 40 heavy (non-hydrogen) atoms. The zero-order chi connectivity index (χ0) is 28.4. The Morgan fingerprint density at radius 2 is 1.60 bits per heavy atom.